The van der Waals surface area contributed by atoms with Crippen LogP contribution in [0.1, 0.15) is 25.3 Å². The van der Waals surface area contributed by atoms with Crippen LogP contribution < -0.4 is 0 Å². The van der Waals surface area contributed by atoms with Crippen LogP contribution >= 0.6 is 0 Å². The van der Waals surface area contributed by atoms with Gasteiger partial charge in [0, 0.05) is 0 Å². The number of aliphatic hydroxyl groups is 1. The molecule has 0 bridgehead atoms. The number of hydrogen-bond donors (Lipinski definition) is 1. The molecule has 2 heteroatoms. The van der Waals surface area contributed by atoms with Crippen LogP contribution in [-0.4, -0.2) is 29.7 Å². The molecule has 82 valence electrons. The van der Waals surface area contributed by atoms with Gasteiger partial charge in [-0.3, -0.25) is 4.90 Å². The molecule has 0 aliphatic carbocycles. The van der Waals surface area contributed by atoms with Gasteiger partial charge in [-0.05, 0) is 38.4 Å². The van der Waals surface area contributed by atoms with Crippen molar-refractivity contribution in [2.24, 2.45) is 0 Å². The summed E-state index contributed by atoms with van der Waals surface area (Å²) in [6, 6.07) is 10.3. The summed E-state index contributed by atoms with van der Waals surface area (Å²) in [6.45, 7) is 4.53. The van der Waals surface area contributed by atoms with E-state index in [-0.39, 0.29) is 12.1 Å². The first-order valence-corrected chi connectivity index (χ1v) is 5.69. The summed E-state index contributed by atoms with van der Waals surface area (Å²) < 4.78 is 0. The van der Waals surface area contributed by atoms with E-state index in [9.17, 15) is 5.11 Å². The van der Waals surface area contributed by atoms with E-state index >= 15 is 0 Å². The van der Waals surface area contributed by atoms with Crippen LogP contribution in [0, 0.1) is 0 Å². The van der Waals surface area contributed by atoms with Crippen molar-refractivity contribution >= 4 is 0 Å². The highest BCUT2D eigenvalue weighted by Gasteiger charge is 2.34. The lowest BCUT2D eigenvalue weighted by atomic mass is 9.91. The number of likely N-dealkylation sites (tertiary alicyclic amines) is 1. The maximum absolute atomic E-state index is 9.66. The van der Waals surface area contributed by atoms with Crippen molar-refractivity contribution in [3.8, 4) is 0 Å². The maximum Gasteiger partial charge on any atom is 0.0665 e. The molecule has 1 aromatic carbocycles. The Hall–Kier alpha value is -0.860. The highest BCUT2D eigenvalue weighted by molar-refractivity contribution is 5.24. The summed E-state index contributed by atoms with van der Waals surface area (Å²) >= 11 is 0. The van der Waals surface area contributed by atoms with Gasteiger partial charge in [0.2, 0.25) is 0 Å². The molecule has 2 nitrogen and oxygen atoms in total. The largest absolute Gasteiger partial charge is 0.394 e. The summed E-state index contributed by atoms with van der Waals surface area (Å²) in [5.74, 6) is 0. The van der Waals surface area contributed by atoms with Crippen molar-refractivity contribution in [1.29, 1.82) is 0 Å². The molecule has 0 radical (unpaired) electrons. The van der Waals surface area contributed by atoms with E-state index in [0.717, 1.165) is 13.1 Å². The average molecular weight is 205 g/mol. The Labute approximate surface area is 91.5 Å². The first kappa shape index (κ1) is 10.7. The Kier molecular flexibility index (Phi) is 3.08. The van der Waals surface area contributed by atoms with E-state index < -0.39 is 0 Å². The summed E-state index contributed by atoms with van der Waals surface area (Å²) in [5.41, 5.74) is 1.02. The molecule has 1 saturated heterocycles. The second kappa shape index (κ2) is 4.33. The lowest BCUT2D eigenvalue weighted by molar-refractivity contribution is 0.0600. The molecule has 0 aromatic heterocycles. The Balaban J connectivity index is 2.28. The molecule has 0 unspecified atom stereocenters. The van der Waals surface area contributed by atoms with Crippen molar-refractivity contribution in [1.82, 2.24) is 4.90 Å². The van der Waals surface area contributed by atoms with Gasteiger partial charge in [-0.25, -0.2) is 0 Å². The van der Waals surface area contributed by atoms with Crippen LogP contribution in [0.4, 0.5) is 0 Å². The van der Waals surface area contributed by atoms with Crippen molar-refractivity contribution in [3.63, 3.8) is 0 Å². The lowest BCUT2D eigenvalue weighted by Crippen LogP contribution is -2.45. The molecule has 1 heterocycles. The molecule has 1 aromatic rings. The molecular weight excluding hydrogens is 186 g/mol. The predicted octanol–water partition coefficient (Wildman–Crippen LogP) is 1.99. The molecule has 1 fully saturated rings. The SMILES string of the molecule is C[C@@](CO)(c1ccccc1)N1CCCC1. The summed E-state index contributed by atoms with van der Waals surface area (Å²) in [5, 5.41) is 9.66. The molecule has 1 N–H and O–H groups in total. The standard InChI is InChI=1S/C13H19NO/c1-13(11-15,14-9-5-6-10-14)12-7-3-2-4-8-12/h2-4,7-8,15H,5-6,9-11H2,1H3/t13-/m1/s1. The van der Waals surface area contributed by atoms with Crippen LogP contribution in [0.15, 0.2) is 30.3 Å². The molecule has 2 rings (SSSR count). The van der Waals surface area contributed by atoms with Gasteiger partial charge in [-0.1, -0.05) is 30.3 Å². The topological polar surface area (TPSA) is 23.5 Å². The van der Waals surface area contributed by atoms with E-state index in [1.54, 1.807) is 0 Å². The van der Waals surface area contributed by atoms with Crippen LogP contribution in [0.25, 0.3) is 0 Å². The lowest BCUT2D eigenvalue weighted by Gasteiger charge is -2.37. The Bertz CT molecular complexity index is 306. The number of rotatable bonds is 3. The van der Waals surface area contributed by atoms with Crippen molar-refractivity contribution in [2.75, 3.05) is 19.7 Å². The van der Waals surface area contributed by atoms with Crippen LogP contribution in [0.2, 0.25) is 0 Å². The number of nitrogens with zero attached hydrogens (tertiary/aromatic N) is 1. The maximum atomic E-state index is 9.66. The zero-order valence-electron chi connectivity index (χ0n) is 9.32. The van der Waals surface area contributed by atoms with E-state index in [2.05, 4.69) is 24.0 Å². The summed E-state index contributed by atoms with van der Waals surface area (Å²) in [6.07, 6.45) is 2.50. The van der Waals surface area contributed by atoms with Crippen LogP contribution in [0.3, 0.4) is 0 Å². The molecule has 0 amide bonds. The molecule has 0 saturated carbocycles. The Morgan fingerprint density at radius 2 is 1.80 bits per heavy atom. The van der Waals surface area contributed by atoms with Crippen molar-refractivity contribution in [2.45, 2.75) is 25.3 Å². The predicted molar refractivity (Wildman–Crippen MR) is 61.7 cm³/mol. The van der Waals surface area contributed by atoms with E-state index in [4.69, 9.17) is 0 Å². The number of benzene rings is 1. The molecule has 1 aliphatic heterocycles. The van der Waals surface area contributed by atoms with Gasteiger partial charge in [0.05, 0.1) is 12.1 Å². The second-order valence-electron chi connectivity index (χ2n) is 4.49. The fraction of sp³-hybridized carbons (Fsp3) is 0.538. The third kappa shape index (κ3) is 1.92. The first-order chi connectivity index (χ1) is 7.27. The van der Waals surface area contributed by atoms with E-state index in [0.29, 0.717) is 0 Å². The zero-order valence-corrected chi connectivity index (χ0v) is 9.32. The second-order valence-corrected chi connectivity index (χ2v) is 4.49. The Morgan fingerprint density at radius 3 is 2.33 bits per heavy atom. The molecule has 15 heavy (non-hydrogen) atoms. The Morgan fingerprint density at radius 1 is 1.20 bits per heavy atom. The third-order valence-corrected chi connectivity index (χ3v) is 3.51. The van der Waals surface area contributed by atoms with Crippen LogP contribution in [0.5, 0.6) is 0 Å². The van der Waals surface area contributed by atoms with Crippen LogP contribution in [-0.2, 0) is 5.54 Å². The minimum Gasteiger partial charge on any atom is -0.394 e. The normalized spacial score (nSPS) is 21.5. The monoisotopic (exact) mass is 205 g/mol. The smallest absolute Gasteiger partial charge is 0.0665 e. The van der Waals surface area contributed by atoms with Crippen molar-refractivity contribution in [3.05, 3.63) is 35.9 Å². The average Bonchev–Trinajstić information content (AvgIpc) is 2.83. The fourth-order valence-electron chi connectivity index (χ4n) is 2.38. The summed E-state index contributed by atoms with van der Waals surface area (Å²) in [4.78, 5) is 2.39. The molecule has 1 atom stereocenters. The highest BCUT2D eigenvalue weighted by atomic mass is 16.3. The molecular formula is C13H19NO. The minimum absolute atomic E-state index is 0.191. The third-order valence-electron chi connectivity index (χ3n) is 3.51. The van der Waals surface area contributed by atoms with Gasteiger partial charge in [0.1, 0.15) is 0 Å². The number of aliphatic hydroxyl groups excluding tert-OH is 1. The van der Waals surface area contributed by atoms with E-state index in [1.165, 1.54) is 18.4 Å². The quantitative estimate of drug-likeness (QED) is 0.815. The zero-order chi connectivity index (χ0) is 10.7. The highest BCUT2D eigenvalue weighted by Crippen LogP contribution is 2.30. The molecule has 0 spiro atoms. The fourth-order valence-corrected chi connectivity index (χ4v) is 2.38. The van der Waals surface area contributed by atoms with Crippen molar-refractivity contribution < 1.29 is 5.11 Å². The van der Waals surface area contributed by atoms with Gasteiger partial charge in [0.15, 0.2) is 0 Å². The number of hydrogen-bond acceptors (Lipinski definition) is 2. The first-order valence-electron chi connectivity index (χ1n) is 5.69. The van der Waals surface area contributed by atoms with Gasteiger partial charge >= 0.3 is 0 Å². The van der Waals surface area contributed by atoms with E-state index in [1.807, 2.05) is 18.2 Å². The van der Waals surface area contributed by atoms with Gasteiger partial charge in [-0.15, -0.1) is 0 Å². The minimum atomic E-state index is -0.197. The molecule has 1 aliphatic rings. The van der Waals surface area contributed by atoms with Gasteiger partial charge in [0.25, 0.3) is 0 Å². The summed E-state index contributed by atoms with van der Waals surface area (Å²) in [7, 11) is 0. The van der Waals surface area contributed by atoms with Gasteiger partial charge in [-0.2, -0.15) is 0 Å². The van der Waals surface area contributed by atoms with Gasteiger partial charge < -0.3 is 5.11 Å².